The minimum atomic E-state index is -0.530. The van der Waals surface area contributed by atoms with Gasteiger partial charge in [0, 0.05) is 19.5 Å². The third-order valence-corrected chi connectivity index (χ3v) is 4.91. The normalized spacial score (nSPS) is 11.2. The molecule has 3 aromatic rings. The van der Waals surface area contributed by atoms with Crippen molar-refractivity contribution in [2.24, 2.45) is 5.92 Å². The molecule has 31 heavy (non-hydrogen) atoms. The summed E-state index contributed by atoms with van der Waals surface area (Å²) in [5.74, 6) is 1.54. The summed E-state index contributed by atoms with van der Waals surface area (Å²) < 4.78 is 6.77. The fraction of sp³-hybridized carbons (Fsp3) is 0.455. The minimum absolute atomic E-state index is 0.143. The van der Waals surface area contributed by atoms with Gasteiger partial charge in [-0.25, -0.2) is 4.79 Å². The third kappa shape index (κ3) is 5.62. The van der Waals surface area contributed by atoms with Crippen molar-refractivity contribution in [2.45, 2.75) is 59.7 Å². The average Bonchev–Trinajstić information content (AvgIpc) is 3.14. The van der Waals surface area contributed by atoms with E-state index in [2.05, 4.69) is 29.0 Å². The fourth-order valence-corrected chi connectivity index (χ4v) is 3.40. The second kappa shape index (κ2) is 10.1. The van der Waals surface area contributed by atoms with Crippen molar-refractivity contribution in [1.29, 1.82) is 0 Å². The number of rotatable bonds is 10. The molecule has 3 N–H and O–H groups in total. The summed E-state index contributed by atoms with van der Waals surface area (Å²) in [6.07, 6.45) is 2.35. The molecule has 0 saturated heterocycles. The molecule has 0 atom stereocenters. The maximum Gasteiger partial charge on any atom is 0.330 e. The molecule has 0 amide bonds. The number of nitrogen functional groups attached to an aromatic ring is 1. The summed E-state index contributed by atoms with van der Waals surface area (Å²) in [4.78, 5) is 33.8. The number of hydrogen-bond acceptors (Lipinski definition) is 7. The Labute approximate surface area is 180 Å². The zero-order valence-electron chi connectivity index (χ0n) is 18.3. The van der Waals surface area contributed by atoms with Crippen molar-refractivity contribution < 1.29 is 4.52 Å². The van der Waals surface area contributed by atoms with Crippen molar-refractivity contribution in [3.63, 3.8) is 0 Å². The van der Waals surface area contributed by atoms with Crippen molar-refractivity contribution in [1.82, 2.24) is 19.7 Å². The summed E-state index contributed by atoms with van der Waals surface area (Å²) >= 11 is 0. The molecular formula is C22H30N6O3. The first-order valence-corrected chi connectivity index (χ1v) is 10.6. The number of aromatic amines is 1. The molecule has 1 aromatic carbocycles. The number of H-pyrrole nitrogens is 1. The number of hydrogen-bond donors (Lipinski definition) is 2. The van der Waals surface area contributed by atoms with Crippen LogP contribution in [-0.2, 0) is 26.1 Å². The van der Waals surface area contributed by atoms with Gasteiger partial charge in [0.15, 0.2) is 5.82 Å². The lowest BCUT2D eigenvalue weighted by Gasteiger charge is -2.25. The van der Waals surface area contributed by atoms with Crippen molar-refractivity contribution >= 4 is 11.5 Å². The predicted octanol–water partition coefficient (Wildman–Crippen LogP) is 2.71. The van der Waals surface area contributed by atoms with Gasteiger partial charge in [-0.15, -0.1) is 0 Å². The topological polar surface area (TPSA) is 123 Å². The first kappa shape index (κ1) is 22.3. The Balaban J connectivity index is 2.01. The molecule has 2 heterocycles. The Morgan fingerprint density at radius 2 is 1.94 bits per heavy atom. The van der Waals surface area contributed by atoms with Gasteiger partial charge in [-0.2, -0.15) is 4.98 Å². The Kier molecular flexibility index (Phi) is 7.28. The van der Waals surface area contributed by atoms with Crippen LogP contribution in [0.5, 0.6) is 0 Å². The van der Waals surface area contributed by atoms with Gasteiger partial charge in [0.05, 0.1) is 6.54 Å². The molecule has 0 saturated carbocycles. The Bertz CT molecular complexity index is 1100. The van der Waals surface area contributed by atoms with E-state index in [-0.39, 0.29) is 18.1 Å². The van der Waals surface area contributed by atoms with E-state index in [0.29, 0.717) is 37.1 Å². The lowest BCUT2D eigenvalue weighted by Crippen LogP contribution is -2.38. The number of nitrogens with two attached hydrogens (primary N) is 1. The van der Waals surface area contributed by atoms with Crippen LogP contribution in [-0.4, -0.2) is 19.7 Å². The maximum absolute atomic E-state index is 12.8. The maximum atomic E-state index is 12.8. The molecule has 0 unspecified atom stereocenters. The molecule has 0 spiro atoms. The SMILES string of the molecule is CCCCn1c(N)c(N(Cc2ccccc2)Cc2noc(CC(C)C)n2)c(=O)[nH]c1=O. The number of anilines is 2. The van der Waals surface area contributed by atoms with Crippen LogP contribution in [0.15, 0.2) is 44.4 Å². The van der Waals surface area contributed by atoms with Gasteiger partial charge in [-0.1, -0.05) is 62.7 Å². The average molecular weight is 427 g/mol. The van der Waals surface area contributed by atoms with Crippen LogP contribution in [0.1, 0.15) is 50.9 Å². The molecule has 0 aliphatic heterocycles. The smallest absolute Gasteiger partial charge is 0.330 e. The standard InChI is InChI=1S/C22H30N6O3/c1-4-5-11-28-20(23)19(21(29)25-22(28)30)27(13-16-9-7-6-8-10-16)14-17-24-18(31-26-17)12-15(2)3/h6-10,15H,4-5,11-14,23H2,1-3H3,(H,25,29,30). The molecule has 2 aromatic heterocycles. The van der Waals surface area contributed by atoms with E-state index < -0.39 is 11.2 Å². The number of nitrogens with zero attached hydrogens (tertiary/aromatic N) is 4. The van der Waals surface area contributed by atoms with Crippen LogP contribution < -0.4 is 21.9 Å². The molecule has 3 rings (SSSR count). The Morgan fingerprint density at radius 1 is 1.19 bits per heavy atom. The fourth-order valence-electron chi connectivity index (χ4n) is 3.40. The summed E-state index contributed by atoms with van der Waals surface area (Å²) in [7, 11) is 0. The van der Waals surface area contributed by atoms with E-state index in [0.717, 1.165) is 18.4 Å². The second-order valence-electron chi connectivity index (χ2n) is 8.04. The molecule has 9 nitrogen and oxygen atoms in total. The number of aromatic nitrogens is 4. The molecule has 0 radical (unpaired) electrons. The first-order valence-electron chi connectivity index (χ1n) is 10.6. The van der Waals surface area contributed by atoms with Gasteiger partial charge in [0.25, 0.3) is 5.56 Å². The molecule has 166 valence electrons. The lowest BCUT2D eigenvalue weighted by atomic mass is 10.1. The van der Waals surface area contributed by atoms with E-state index >= 15 is 0 Å². The Hall–Kier alpha value is -3.36. The van der Waals surface area contributed by atoms with Crippen LogP contribution in [0.4, 0.5) is 11.5 Å². The molecule has 0 bridgehead atoms. The van der Waals surface area contributed by atoms with Gasteiger partial charge in [-0.3, -0.25) is 14.3 Å². The van der Waals surface area contributed by atoms with Crippen molar-refractivity contribution in [3.05, 3.63) is 68.4 Å². The molecule has 0 aliphatic rings. The van der Waals surface area contributed by atoms with Crippen molar-refractivity contribution in [3.8, 4) is 0 Å². The van der Waals surface area contributed by atoms with E-state index in [4.69, 9.17) is 10.3 Å². The zero-order chi connectivity index (χ0) is 22.4. The minimum Gasteiger partial charge on any atom is -0.383 e. The summed E-state index contributed by atoms with van der Waals surface area (Å²) in [6.45, 7) is 7.23. The number of nitrogens with one attached hydrogen (secondary N) is 1. The highest BCUT2D eigenvalue weighted by Gasteiger charge is 2.21. The predicted molar refractivity (Wildman–Crippen MR) is 120 cm³/mol. The highest BCUT2D eigenvalue weighted by atomic mass is 16.5. The monoisotopic (exact) mass is 426 g/mol. The first-order chi connectivity index (χ1) is 14.9. The summed E-state index contributed by atoms with van der Waals surface area (Å²) in [5, 5.41) is 4.08. The quantitative estimate of drug-likeness (QED) is 0.511. The molecule has 9 heteroatoms. The van der Waals surface area contributed by atoms with Crippen LogP contribution in [0, 0.1) is 5.92 Å². The van der Waals surface area contributed by atoms with Gasteiger partial charge in [0.1, 0.15) is 11.5 Å². The van der Waals surface area contributed by atoms with Gasteiger partial charge >= 0.3 is 5.69 Å². The van der Waals surface area contributed by atoms with E-state index in [1.165, 1.54) is 4.57 Å². The molecule has 0 aliphatic carbocycles. The van der Waals surface area contributed by atoms with Gasteiger partial charge in [-0.05, 0) is 17.9 Å². The van der Waals surface area contributed by atoms with Crippen molar-refractivity contribution in [2.75, 3.05) is 10.6 Å². The van der Waals surface area contributed by atoms with E-state index in [9.17, 15) is 9.59 Å². The van der Waals surface area contributed by atoms with E-state index in [1.54, 1.807) is 4.90 Å². The van der Waals surface area contributed by atoms with Gasteiger partial charge < -0.3 is 15.2 Å². The van der Waals surface area contributed by atoms with Crippen LogP contribution in [0.2, 0.25) is 0 Å². The lowest BCUT2D eigenvalue weighted by molar-refractivity contribution is 0.358. The summed E-state index contributed by atoms with van der Waals surface area (Å²) in [5.41, 5.74) is 6.53. The third-order valence-electron chi connectivity index (χ3n) is 4.91. The highest BCUT2D eigenvalue weighted by Crippen LogP contribution is 2.22. The second-order valence-corrected chi connectivity index (χ2v) is 8.04. The summed E-state index contributed by atoms with van der Waals surface area (Å²) in [6, 6.07) is 9.71. The molecule has 0 fully saturated rings. The zero-order valence-corrected chi connectivity index (χ0v) is 18.3. The van der Waals surface area contributed by atoms with Crippen LogP contribution in [0.3, 0.4) is 0 Å². The van der Waals surface area contributed by atoms with Crippen LogP contribution >= 0.6 is 0 Å². The number of benzene rings is 1. The van der Waals surface area contributed by atoms with Crippen LogP contribution in [0.25, 0.3) is 0 Å². The van der Waals surface area contributed by atoms with Gasteiger partial charge in [0.2, 0.25) is 5.89 Å². The Morgan fingerprint density at radius 3 is 2.61 bits per heavy atom. The van der Waals surface area contributed by atoms with E-state index in [1.807, 2.05) is 37.3 Å². The highest BCUT2D eigenvalue weighted by molar-refractivity contribution is 5.62. The number of unbranched alkanes of at least 4 members (excludes halogenated alkanes) is 1. The largest absolute Gasteiger partial charge is 0.383 e. The molecular weight excluding hydrogens is 396 g/mol.